The van der Waals surface area contributed by atoms with Crippen molar-refractivity contribution in [3.63, 3.8) is 0 Å². The van der Waals surface area contributed by atoms with Crippen molar-refractivity contribution in [3.05, 3.63) is 58.1 Å². The fourth-order valence-corrected chi connectivity index (χ4v) is 2.67. The molecule has 0 heterocycles. The van der Waals surface area contributed by atoms with E-state index in [4.69, 9.17) is 11.6 Å². The van der Waals surface area contributed by atoms with Crippen molar-refractivity contribution >= 4 is 11.6 Å². The predicted molar refractivity (Wildman–Crippen MR) is 88.4 cm³/mol. The molecule has 0 spiro atoms. The summed E-state index contributed by atoms with van der Waals surface area (Å²) in [5.41, 5.74) is 6.51. The maximum absolute atomic E-state index is 6.25. The molecular formula is C18H22ClN. The summed E-state index contributed by atoms with van der Waals surface area (Å²) in [7, 11) is 1.94. The van der Waals surface area contributed by atoms with Crippen LogP contribution in [-0.4, -0.2) is 7.05 Å². The van der Waals surface area contributed by atoms with E-state index >= 15 is 0 Å². The monoisotopic (exact) mass is 287 g/mol. The van der Waals surface area contributed by atoms with E-state index in [1.807, 2.05) is 13.1 Å². The minimum atomic E-state index is 0.793. The summed E-state index contributed by atoms with van der Waals surface area (Å²) < 4.78 is 0. The van der Waals surface area contributed by atoms with Crippen LogP contribution in [0.5, 0.6) is 0 Å². The molecule has 2 heteroatoms. The van der Waals surface area contributed by atoms with Gasteiger partial charge in [0.2, 0.25) is 0 Å². The molecule has 0 atom stereocenters. The number of rotatable bonds is 5. The quantitative estimate of drug-likeness (QED) is 0.829. The van der Waals surface area contributed by atoms with Crippen LogP contribution < -0.4 is 5.32 Å². The van der Waals surface area contributed by atoms with Gasteiger partial charge in [-0.05, 0) is 59.8 Å². The number of nitrogens with one attached hydrogen (secondary N) is 1. The third-order valence-electron chi connectivity index (χ3n) is 3.69. The second-order valence-corrected chi connectivity index (χ2v) is 5.44. The summed E-state index contributed by atoms with van der Waals surface area (Å²) >= 11 is 6.25. The Kier molecular flexibility index (Phi) is 5.22. The number of benzene rings is 2. The molecule has 2 aromatic carbocycles. The summed E-state index contributed by atoms with van der Waals surface area (Å²) in [6.07, 6.45) is 2.11. The highest BCUT2D eigenvalue weighted by molar-refractivity contribution is 6.31. The fraction of sp³-hybridized carbons (Fsp3) is 0.333. The molecule has 0 bridgehead atoms. The van der Waals surface area contributed by atoms with E-state index in [0.717, 1.165) is 30.0 Å². The molecule has 0 aromatic heterocycles. The van der Waals surface area contributed by atoms with Crippen molar-refractivity contribution in [1.82, 2.24) is 5.32 Å². The van der Waals surface area contributed by atoms with Crippen LogP contribution in [0.4, 0.5) is 0 Å². The first kappa shape index (κ1) is 15.1. The maximum Gasteiger partial charge on any atom is 0.0451 e. The number of halogens is 1. The molecule has 1 nitrogen and oxygen atoms in total. The Labute approximate surface area is 127 Å². The number of hydrogen-bond acceptors (Lipinski definition) is 1. The minimum absolute atomic E-state index is 0.793. The Balaban J connectivity index is 2.52. The summed E-state index contributed by atoms with van der Waals surface area (Å²) in [5.74, 6) is 0. The van der Waals surface area contributed by atoms with Gasteiger partial charge in [-0.1, -0.05) is 49.7 Å². The molecule has 0 amide bonds. The first-order chi connectivity index (χ1) is 9.69. The van der Waals surface area contributed by atoms with Gasteiger partial charge in [0.05, 0.1) is 0 Å². The zero-order valence-corrected chi connectivity index (χ0v) is 13.2. The summed E-state index contributed by atoms with van der Waals surface area (Å²) in [6, 6.07) is 13.1. The van der Waals surface area contributed by atoms with Gasteiger partial charge in [-0.2, -0.15) is 0 Å². The van der Waals surface area contributed by atoms with Crippen LogP contribution in [0.1, 0.15) is 30.5 Å². The summed E-state index contributed by atoms with van der Waals surface area (Å²) in [6.45, 7) is 5.19. The lowest BCUT2D eigenvalue weighted by molar-refractivity contribution is 0.818. The van der Waals surface area contributed by atoms with E-state index in [0.29, 0.717) is 0 Å². The third-order valence-corrected chi connectivity index (χ3v) is 4.06. The second kappa shape index (κ2) is 6.92. The Hall–Kier alpha value is -1.31. The first-order valence-corrected chi connectivity index (χ1v) is 7.62. The van der Waals surface area contributed by atoms with Crippen molar-refractivity contribution in [2.24, 2.45) is 0 Å². The van der Waals surface area contributed by atoms with E-state index in [9.17, 15) is 0 Å². The second-order valence-electron chi connectivity index (χ2n) is 5.04. The van der Waals surface area contributed by atoms with Crippen LogP contribution in [-0.2, 0) is 19.4 Å². The zero-order chi connectivity index (χ0) is 14.5. The molecule has 0 radical (unpaired) electrons. The highest BCUT2D eigenvalue weighted by atomic mass is 35.5. The van der Waals surface area contributed by atoms with Crippen LogP contribution in [0, 0.1) is 0 Å². The molecule has 0 aliphatic carbocycles. The van der Waals surface area contributed by atoms with Gasteiger partial charge in [0.25, 0.3) is 0 Å². The zero-order valence-electron chi connectivity index (χ0n) is 12.5. The van der Waals surface area contributed by atoms with E-state index in [1.54, 1.807) is 0 Å². The largest absolute Gasteiger partial charge is 0.316 e. The highest BCUT2D eigenvalue weighted by Gasteiger charge is 2.08. The van der Waals surface area contributed by atoms with Gasteiger partial charge < -0.3 is 5.32 Å². The van der Waals surface area contributed by atoms with Crippen molar-refractivity contribution in [1.29, 1.82) is 0 Å². The molecule has 20 heavy (non-hydrogen) atoms. The molecule has 1 N–H and O–H groups in total. The molecule has 106 valence electrons. The van der Waals surface area contributed by atoms with E-state index in [1.165, 1.54) is 22.3 Å². The fourth-order valence-electron chi connectivity index (χ4n) is 2.49. The van der Waals surface area contributed by atoms with Crippen molar-refractivity contribution < 1.29 is 0 Å². The van der Waals surface area contributed by atoms with Crippen molar-refractivity contribution in [2.45, 2.75) is 33.2 Å². The molecule has 0 aliphatic heterocycles. The van der Waals surface area contributed by atoms with Gasteiger partial charge in [-0.15, -0.1) is 0 Å². The third kappa shape index (κ3) is 3.23. The molecule has 0 saturated heterocycles. The van der Waals surface area contributed by atoms with Gasteiger partial charge in [0.1, 0.15) is 0 Å². The Morgan fingerprint density at radius 3 is 2.40 bits per heavy atom. The van der Waals surface area contributed by atoms with E-state index < -0.39 is 0 Å². The SMILES string of the molecule is CCc1ccc(CC)c(-c2ccc(Cl)c(CNC)c2)c1. The lowest BCUT2D eigenvalue weighted by Gasteiger charge is -2.13. The van der Waals surface area contributed by atoms with Crippen LogP contribution in [0.3, 0.4) is 0 Å². The lowest BCUT2D eigenvalue weighted by Crippen LogP contribution is -2.05. The van der Waals surface area contributed by atoms with Crippen molar-refractivity contribution in [2.75, 3.05) is 7.05 Å². The van der Waals surface area contributed by atoms with Crippen LogP contribution in [0.2, 0.25) is 5.02 Å². The van der Waals surface area contributed by atoms with Crippen LogP contribution in [0.15, 0.2) is 36.4 Å². The molecule has 2 rings (SSSR count). The smallest absolute Gasteiger partial charge is 0.0451 e. The van der Waals surface area contributed by atoms with Gasteiger partial charge in [-0.25, -0.2) is 0 Å². The Morgan fingerprint density at radius 2 is 1.75 bits per heavy atom. The Morgan fingerprint density at radius 1 is 0.950 bits per heavy atom. The average Bonchev–Trinajstić information content (AvgIpc) is 2.49. The standard InChI is InChI=1S/C18H22ClN/c1-4-13-6-7-14(5-2)17(10-13)15-8-9-18(19)16(11-15)12-20-3/h6-11,20H,4-5,12H2,1-3H3. The number of aryl methyl sites for hydroxylation is 2. The molecule has 0 aliphatic rings. The van der Waals surface area contributed by atoms with E-state index in [2.05, 4.69) is 49.5 Å². The number of hydrogen-bond donors (Lipinski definition) is 1. The topological polar surface area (TPSA) is 12.0 Å². The molecule has 0 fully saturated rings. The average molecular weight is 288 g/mol. The molecule has 2 aromatic rings. The molecule has 0 saturated carbocycles. The lowest BCUT2D eigenvalue weighted by atomic mass is 9.94. The van der Waals surface area contributed by atoms with Crippen molar-refractivity contribution in [3.8, 4) is 11.1 Å². The minimum Gasteiger partial charge on any atom is -0.316 e. The highest BCUT2D eigenvalue weighted by Crippen LogP contribution is 2.29. The first-order valence-electron chi connectivity index (χ1n) is 7.24. The maximum atomic E-state index is 6.25. The van der Waals surface area contributed by atoms with Crippen LogP contribution >= 0.6 is 11.6 Å². The predicted octanol–water partition coefficient (Wildman–Crippen LogP) is 4.85. The van der Waals surface area contributed by atoms with Crippen LogP contribution in [0.25, 0.3) is 11.1 Å². The molecular weight excluding hydrogens is 266 g/mol. The Bertz CT molecular complexity index is 590. The van der Waals surface area contributed by atoms with Gasteiger partial charge in [0.15, 0.2) is 0 Å². The summed E-state index contributed by atoms with van der Waals surface area (Å²) in [4.78, 5) is 0. The van der Waals surface area contributed by atoms with Gasteiger partial charge in [-0.3, -0.25) is 0 Å². The summed E-state index contributed by atoms with van der Waals surface area (Å²) in [5, 5.41) is 4.00. The molecule has 0 unspecified atom stereocenters. The van der Waals surface area contributed by atoms with Gasteiger partial charge >= 0.3 is 0 Å². The normalized spacial score (nSPS) is 10.8. The van der Waals surface area contributed by atoms with Gasteiger partial charge in [0, 0.05) is 11.6 Å². The van der Waals surface area contributed by atoms with E-state index in [-0.39, 0.29) is 0 Å².